The molecular weight excluding hydrogens is 416 g/mol. The number of halogens is 1. The first-order chi connectivity index (χ1) is 13.6. The number of sulfonamides is 1. The van der Waals surface area contributed by atoms with E-state index >= 15 is 0 Å². The number of anilines is 1. The van der Waals surface area contributed by atoms with Crippen LogP contribution in [0.25, 0.3) is 0 Å². The second-order valence-electron chi connectivity index (χ2n) is 6.43. The number of benzene rings is 2. The van der Waals surface area contributed by atoms with Crippen molar-refractivity contribution >= 4 is 39.2 Å². The van der Waals surface area contributed by atoms with Gasteiger partial charge >= 0.3 is 5.97 Å². The van der Waals surface area contributed by atoms with Crippen LogP contribution in [0.15, 0.2) is 53.4 Å². The Morgan fingerprint density at radius 3 is 2.52 bits per heavy atom. The second kappa shape index (κ2) is 9.76. The number of esters is 1. The summed E-state index contributed by atoms with van der Waals surface area (Å²) in [5.74, 6) is -1.20. The number of ether oxygens (including phenoxy) is 1. The van der Waals surface area contributed by atoms with Gasteiger partial charge in [0, 0.05) is 18.1 Å². The Kier molecular flexibility index (Phi) is 7.64. The third kappa shape index (κ3) is 5.95. The lowest BCUT2D eigenvalue weighted by atomic mass is 10.2. The van der Waals surface area contributed by atoms with Crippen LogP contribution in [0.5, 0.6) is 0 Å². The van der Waals surface area contributed by atoms with Gasteiger partial charge in [-0.2, -0.15) is 0 Å². The number of hydrogen-bond donors (Lipinski definition) is 1. The predicted molar refractivity (Wildman–Crippen MR) is 112 cm³/mol. The molecule has 29 heavy (non-hydrogen) atoms. The molecule has 0 aliphatic carbocycles. The van der Waals surface area contributed by atoms with Gasteiger partial charge in [-0.15, -0.1) is 0 Å². The number of rotatable bonds is 8. The van der Waals surface area contributed by atoms with Crippen molar-refractivity contribution in [2.24, 2.45) is 0 Å². The molecular formula is C20H23ClN2O5S. The maximum atomic E-state index is 12.9. The molecule has 1 amide bonds. The van der Waals surface area contributed by atoms with Crippen molar-refractivity contribution in [3.05, 3.63) is 59.1 Å². The molecule has 2 aromatic carbocycles. The van der Waals surface area contributed by atoms with E-state index in [1.807, 2.05) is 13.8 Å². The van der Waals surface area contributed by atoms with Crippen molar-refractivity contribution in [2.45, 2.75) is 31.2 Å². The minimum absolute atomic E-state index is 0.0295. The molecule has 1 N–H and O–H groups in total. The summed E-state index contributed by atoms with van der Waals surface area (Å²) < 4.78 is 31.9. The van der Waals surface area contributed by atoms with E-state index in [9.17, 15) is 18.0 Å². The first-order valence-electron chi connectivity index (χ1n) is 8.96. The lowest BCUT2D eigenvalue weighted by Crippen LogP contribution is -2.35. The van der Waals surface area contributed by atoms with Gasteiger partial charge in [0.25, 0.3) is 15.9 Å². The van der Waals surface area contributed by atoms with Crippen LogP contribution in [0.4, 0.5) is 5.69 Å². The molecule has 0 radical (unpaired) electrons. The van der Waals surface area contributed by atoms with Crippen LogP contribution in [0.3, 0.4) is 0 Å². The summed E-state index contributed by atoms with van der Waals surface area (Å²) in [5.41, 5.74) is 0.411. The van der Waals surface area contributed by atoms with E-state index in [4.69, 9.17) is 16.3 Å². The fraction of sp³-hybridized carbons (Fsp3) is 0.300. The summed E-state index contributed by atoms with van der Waals surface area (Å²) in [6.07, 6.45) is 0.750. The van der Waals surface area contributed by atoms with E-state index in [1.54, 1.807) is 18.2 Å². The lowest BCUT2D eigenvalue weighted by Gasteiger charge is -2.20. The zero-order valence-electron chi connectivity index (χ0n) is 16.4. The molecule has 9 heteroatoms. The van der Waals surface area contributed by atoms with Crippen LogP contribution in [-0.4, -0.2) is 40.0 Å². The van der Waals surface area contributed by atoms with Crippen LogP contribution in [0, 0.1) is 0 Å². The Bertz CT molecular complexity index is 994. The highest BCUT2D eigenvalue weighted by Crippen LogP contribution is 2.25. The molecule has 0 saturated heterocycles. The quantitative estimate of drug-likeness (QED) is 0.638. The molecule has 156 valence electrons. The minimum atomic E-state index is -3.93. The molecule has 0 aliphatic heterocycles. The Morgan fingerprint density at radius 1 is 1.17 bits per heavy atom. The molecule has 0 fully saturated rings. The van der Waals surface area contributed by atoms with Crippen molar-refractivity contribution in [1.82, 2.24) is 5.32 Å². The van der Waals surface area contributed by atoms with Gasteiger partial charge in [0.15, 0.2) is 6.61 Å². The van der Waals surface area contributed by atoms with E-state index < -0.39 is 28.5 Å². The summed E-state index contributed by atoms with van der Waals surface area (Å²) in [4.78, 5) is 23.9. The Labute approximate surface area is 175 Å². The average Bonchev–Trinajstić information content (AvgIpc) is 2.71. The van der Waals surface area contributed by atoms with Gasteiger partial charge in [0.1, 0.15) is 0 Å². The van der Waals surface area contributed by atoms with Crippen molar-refractivity contribution in [1.29, 1.82) is 0 Å². The van der Waals surface area contributed by atoms with Crippen LogP contribution < -0.4 is 9.62 Å². The van der Waals surface area contributed by atoms with Gasteiger partial charge in [-0.3, -0.25) is 9.10 Å². The Hall–Kier alpha value is -2.58. The van der Waals surface area contributed by atoms with Crippen LogP contribution >= 0.6 is 11.6 Å². The standard InChI is InChI=1S/C20H23ClN2O5S/c1-4-14(2)22-19(24)13-28-20(25)15-7-5-10-18(11-15)29(26,27)23(3)17-9-6-8-16(21)12-17/h5-12,14H,4,13H2,1-3H3,(H,22,24). The summed E-state index contributed by atoms with van der Waals surface area (Å²) in [6, 6.07) is 11.8. The smallest absolute Gasteiger partial charge is 0.338 e. The second-order valence-corrected chi connectivity index (χ2v) is 8.84. The zero-order chi connectivity index (χ0) is 21.6. The lowest BCUT2D eigenvalue weighted by molar-refractivity contribution is -0.124. The normalized spacial score (nSPS) is 12.1. The van der Waals surface area contributed by atoms with Gasteiger partial charge < -0.3 is 10.1 Å². The predicted octanol–water partition coefficient (Wildman–Crippen LogP) is 3.24. The molecule has 0 saturated carbocycles. The first-order valence-corrected chi connectivity index (χ1v) is 10.8. The molecule has 0 heterocycles. The van der Waals surface area contributed by atoms with Gasteiger partial charge in [0.05, 0.1) is 16.1 Å². The zero-order valence-corrected chi connectivity index (χ0v) is 18.0. The van der Waals surface area contributed by atoms with Crippen molar-refractivity contribution in [3.63, 3.8) is 0 Å². The van der Waals surface area contributed by atoms with Crippen LogP contribution in [-0.2, 0) is 19.6 Å². The number of carbonyl (C=O) groups excluding carboxylic acids is 2. The largest absolute Gasteiger partial charge is 0.452 e. The third-order valence-electron chi connectivity index (χ3n) is 4.25. The highest BCUT2D eigenvalue weighted by atomic mass is 35.5. The average molecular weight is 439 g/mol. The first kappa shape index (κ1) is 22.7. The molecule has 2 rings (SSSR count). The Balaban J connectivity index is 2.15. The molecule has 7 nitrogen and oxygen atoms in total. The van der Waals surface area contributed by atoms with Gasteiger partial charge in [-0.1, -0.05) is 30.7 Å². The van der Waals surface area contributed by atoms with Crippen molar-refractivity contribution in [3.8, 4) is 0 Å². The number of amides is 1. The number of nitrogens with zero attached hydrogens (tertiary/aromatic N) is 1. The molecule has 1 unspecified atom stereocenters. The third-order valence-corrected chi connectivity index (χ3v) is 6.27. The van der Waals surface area contributed by atoms with E-state index in [2.05, 4.69) is 5.32 Å². The van der Waals surface area contributed by atoms with Crippen molar-refractivity contribution < 1.29 is 22.7 Å². The summed E-state index contributed by atoms with van der Waals surface area (Å²) in [6.45, 7) is 3.32. The molecule has 1 atom stereocenters. The molecule has 0 aromatic heterocycles. The van der Waals surface area contributed by atoms with Gasteiger partial charge in [-0.25, -0.2) is 13.2 Å². The van der Waals surface area contributed by atoms with Gasteiger partial charge in [0.2, 0.25) is 0 Å². The van der Waals surface area contributed by atoms with E-state index in [1.165, 1.54) is 37.4 Å². The fourth-order valence-electron chi connectivity index (χ4n) is 2.39. The molecule has 2 aromatic rings. The Morgan fingerprint density at radius 2 is 1.86 bits per heavy atom. The fourth-order valence-corrected chi connectivity index (χ4v) is 3.80. The highest BCUT2D eigenvalue weighted by molar-refractivity contribution is 7.92. The maximum Gasteiger partial charge on any atom is 0.338 e. The summed E-state index contributed by atoms with van der Waals surface area (Å²) in [5, 5.41) is 3.08. The van der Waals surface area contributed by atoms with E-state index in [0.29, 0.717) is 10.7 Å². The van der Waals surface area contributed by atoms with Crippen LogP contribution in [0.2, 0.25) is 5.02 Å². The van der Waals surface area contributed by atoms with E-state index in [-0.39, 0.29) is 16.5 Å². The number of hydrogen-bond acceptors (Lipinski definition) is 5. The highest BCUT2D eigenvalue weighted by Gasteiger charge is 2.23. The topological polar surface area (TPSA) is 92.8 Å². The number of carbonyl (C=O) groups is 2. The molecule has 0 bridgehead atoms. The molecule has 0 aliphatic rings. The maximum absolute atomic E-state index is 12.9. The van der Waals surface area contributed by atoms with Gasteiger partial charge in [-0.05, 0) is 49.7 Å². The summed E-state index contributed by atoms with van der Waals surface area (Å²) >= 11 is 5.94. The summed E-state index contributed by atoms with van der Waals surface area (Å²) in [7, 11) is -2.53. The molecule has 0 spiro atoms. The van der Waals surface area contributed by atoms with E-state index in [0.717, 1.165) is 10.7 Å². The number of nitrogens with one attached hydrogen (secondary N) is 1. The van der Waals surface area contributed by atoms with Crippen LogP contribution in [0.1, 0.15) is 30.6 Å². The minimum Gasteiger partial charge on any atom is -0.452 e. The van der Waals surface area contributed by atoms with Crippen molar-refractivity contribution in [2.75, 3.05) is 18.0 Å². The SMILES string of the molecule is CCC(C)NC(=O)COC(=O)c1cccc(S(=O)(=O)N(C)c2cccc(Cl)c2)c1. The monoisotopic (exact) mass is 438 g/mol.